The Morgan fingerprint density at radius 2 is 1.74 bits per heavy atom. The van der Waals surface area contributed by atoms with Gasteiger partial charge in [-0.05, 0) is 67.6 Å². The smallest absolute Gasteiger partial charge is 0.123 e. The molecule has 2 aliphatic rings. The van der Waals surface area contributed by atoms with Crippen molar-refractivity contribution in [3.05, 3.63) is 58.7 Å². The van der Waals surface area contributed by atoms with Crippen molar-refractivity contribution in [2.75, 3.05) is 26.2 Å². The van der Waals surface area contributed by atoms with Crippen LogP contribution < -0.4 is 4.74 Å². The molecule has 2 aliphatic heterocycles. The quantitative estimate of drug-likeness (QED) is 0.549. The van der Waals surface area contributed by atoms with Crippen molar-refractivity contribution in [3.8, 4) is 5.75 Å². The average molecular weight is 380 g/mol. The first-order valence-electron chi connectivity index (χ1n) is 10.3. The van der Waals surface area contributed by atoms with Crippen molar-refractivity contribution in [1.29, 1.82) is 0 Å². The van der Waals surface area contributed by atoms with Crippen LogP contribution in [0.15, 0.2) is 51.8 Å². The molecule has 1 saturated heterocycles. The zero-order valence-electron chi connectivity index (χ0n) is 16.7. The van der Waals surface area contributed by atoms with Gasteiger partial charge < -0.3 is 9.64 Å². The van der Waals surface area contributed by atoms with E-state index in [9.17, 15) is 0 Å². The summed E-state index contributed by atoms with van der Waals surface area (Å²) in [6, 6.07) is 13.4. The van der Waals surface area contributed by atoms with Crippen molar-refractivity contribution in [2.45, 2.75) is 49.8 Å². The van der Waals surface area contributed by atoms with Crippen LogP contribution in [0.25, 0.3) is 5.57 Å². The molecule has 2 aromatic carbocycles. The molecule has 0 N–H and O–H groups in total. The SMILES string of the molecule is CCOc1ccc2c(c1CC)Sc1ccccc1C2=C1CCN(CC)CC1. The summed E-state index contributed by atoms with van der Waals surface area (Å²) in [7, 11) is 0. The molecule has 3 heteroatoms. The van der Waals surface area contributed by atoms with Crippen LogP contribution in [0.1, 0.15) is 50.3 Å². The van der Waals surface area contributed by atoms with Gasteiger partial charge in [0.25, 0.3) is 0 Å². The molecule has 0 radical (unpaired) electrons. The minimum atomic E-state index is 0.716. The molecule has 0 aliphatic carbocycles. The molecule has 0 unspecified atom stereocenters. The average Bonchev–Trinajstić information content (AvgIpc) is 2.72. The molecule has 27 heavy (non-hydrogen) atoms. The van der Waals surface area contributed by atoms with Crippen LogP contribution >= 0.6 is 11.8 Å². The van der Waals surface area contributed by atoms with E-state index >= 15 is 0 Å². The molecule has 0 spiro atoms. The van der Waals surface area contributed by atoms with E-state index in [1.165, 1.54) is 58.0 Å². The van der Waals surface area contributed by atoms with E-state index in [1.807, 2.05) is 11.8 Å². The van der Waals surface area contributed by atoms with Crippen LogP contribution in [-0.4, -0.2) is 31.1 Å². The van der Waals surface area contributed by atoms with E-state index in [1.54, 1.807) is 5.57 Å². The van der Waals surface area contributed by atoms with Crippen LogP contribution in [0.3, 0.4) is 0 Å². The minimum absolute atomic E-state index is 0.716. The number of likely N-dealkylation sites (tertiary alicyclic amines) is 1. The normalized spacial score (nSPS) is 16.9. The van der Waals surface area contributed by atoms with Gasteiger partial charge in [-0.15, -0.1) is 0 Å². The number of piperidine rings is 1. The molecular formula is C24H29NOS. The van der Waals surface area contributed by atoms with E-state index in [4.69, 9.17) is 4.74 Å². The van der Waals surface area contributed by atoms with Crippen LogP contribution in [-0.2, 0) is 6.42 Å². The summed E-state index contributed by atoms with van der Waals surface area (Å²) in [5, 5.41) is 0. The zero-order chi connectivity index (χ0) is 18.8. The standard InChI is InChI=1S/C24H29NOS/c1-4-18-21(26-6-3)12-11-20-23(17-13-15-25(5-2)16-14-17)19-9-7-8-10-22(19)27-24(18)20/h7-12H,4-6,13-16H2,1-3H3. The second kappa shape index (κ2) is 8.12. The molecule has 0 saturated carbocycles. The number of rotatable bonds is 4. The second-order valence-corrected chi connectivity index (χ2v) is 8.27. The van der Waals surface area contributed by atoms with Crippen molar-refractivity contribution < 1.29 is 4.74 Å². The van der Waals surface area contributed by atoms with Crippen LogP contribution in [0.4, 0.5) is 0 Å². The van der Waals surface area contributed by atoms with Crippen molar-refractivity contribution in [1.82, 2.24) is 4.90 Å². The Morgan fingerprint density at radius 3 is 2.44 bits per heavy atom. The molecule has 0 aromatic heterocycles. The molecule has 2 heterocycles. The molecule has 0 bridgehead atoms. The summed E-state index contributed by atoms with van der Waals surface area (Å²) in [6.07, 6.45) is 3.35. The Bertz CT molecular complexity index is 861. The fraction of sp³-hybridized carbons (Fsp3) is 0.417. The van der Waals surface area contributed by atoms with E-state index in [0.717, 1.165) is 18.7 Å². The molecular weight excluding hydrogens is 350 g/mol. The monoisotopic (exact) mass is 379 g/mol. The Labute approximate surface area is 167 Å². The maximum atomic E-state index is 5.96. The highest BCUT2D eigenvalue weighted by atomic mass is 32.2. The van der Waals surface area contributed by atoms with E-state index in [0.29, 0.717) is 6.61 Å². The van der Waals surface area contributed by atoms with E-state index in [2.05, 4.69) is 62.1 Å². The Morgan fingerprint density at radius 1 is 0.963 bits per heavy atom. The van der Waals surface area contributed by atoms with Crippen molar-refractivity contribution >= 4 is 17.3 Å². The molecule has 1 fully saturated rings. The predicted molar refractivity (Wildman–Crippen MR) is 115 cm³/mol. The van der Waals surface area contributed by atoms with Crippen LogP contribution in [0.2, 0.25) is 0 Å². The first-order chi connectivity index (χ1) is 13.3. The minimum Gasteiger partial charge on any atom is -0.494 e. The first kappa shape index (κ1) is 18.6. The largest absolute Gasteiger partial charge is 0.494 e. The third-order valence-electron chi connectivity index (χ3n) is 5.77. The fourth-order valence-corrected chi connectivity index (χ4v) is 5.63. The lowest BCUT2D eigenvalue weighted by atomic mass is 9.87. The summed E-state index contributed by atoms with van der Waals surface area (Å²) in [4.78, 5) is 5.35. The first-order valence-corrected chi connectivity index (χ1v) is 11.1. The van der Waals surface area contributed by atoms with E-state index in [-0.39, 0.29) is 0 Å². The Hall–Kier alpha value is -1.71. The van der Waals surface area contributed by atoms with Gasteiger partial charge in [0.15, 0.2) is 0 Å². The lowest BCUT2D eigenvalue weighted by molar-refractivity contribution is 0.270. The van der Waals surface area contributed by atoms with Crippen LogP contribution in [0.5, 0.6) is 5.75 Å². The maximum absolute atomic E-state index is 5.96. The van der Waals surface area contributed by atoms with Gasteiger partial charge in [0.1, 0.15) is 5.75 Å². The van der Waals surface area contributed by atoms with Crippen LogP contribution in [0, 0.1) is 0 Å². The van der Waals surface area contributed by atoms with Gasteiger partial charge in [-0.1, -0.05) is 49.4 Å². The number of nitrogens with zero attached hydrogens (tertiary/aromatic N) is 1. The number of ether oxygens (including phenoxy) is 1. The molecule has 0 amide bonds. The van der Waals surface area contributed by atoms with Gasteiger partial charge in [-0.3, -0.25) is 0 Å². The molecule has 142 valence electrons. The maximum Gasteiger partial charge on any atom is 0.123 e. The zero-order valence-corrected chi connectivity index (χ0v) is 17.5. The summed E-state index contributed by atoms with van der Waals surface area (Å²) in [5.41, 5.74) is 7.31. The second-order valence-electron chi connectivity index (χ2n) is 7.22. The van der Waals surface area contributed by atoms with Gasteiger partial charge >= 0.3 is 0 Å². The number of fused-ring (bicyclic) bond motifs is 2. The van der Waals surface area contributed by atoms with Gasteiger partial charge in [-0.25, -0.2) is 0 Å². The highest BCUT2D eigenvalue weighted by Crippen LogP contribution is 2.50. The summed E-state index contributed by atoms with van der Waals surface area (Å²) in [6.45, 7) is 10.8. The lowest BCUT2D eigenvalue weighted by Crippen LogP contribution is -2.30. The summed E-state index contributed by atoms with van der Waals surface area (Å²) >= 11 is 1.92. The summed E-state index contributed by atoms with van der Waals surface area (Å²) in [5.74, 6) is 1.05. The fourth-order valence-electron chi connectivity index (χ4n) is 4.34. The third-order valence-corrected chi connectivity index (χ3v) is 7.02. The lowest BCUT2D eigenvalue weighted by Gasteiger charge is -2.32. The third kappa shape index (κ3) is 3.43. The molecule has 4 rings (SSSR count). The van der Waals surface area contributed by atoms with Gasteiger partial charge in [0.2, 0.25) is 0 Å². The number of hydrogen-bond acceptors (Lipinski definition) is 3. The van der Waals surface area contributed by atoms with Gasteiger partial charge in [0.05, 0.1) is 6.61 Å². The molecule has 0 atom stereocenters. The van der Waals surface area contributed by atoms with Crippen molar-refractivity contribution in [3.63, 3.8) is 0 Å². The Kier molecular flexibility index (Phi) is 5.60. The van der Waals surface area contributed by atoms with Crippen molar-refractivity contribution in [2.24, 2.45) is 0 Å². The van der Waals surface area contributed by atoms with Gasteiger partial charge in [-0.2, -0.15) is 0 Å². The van der Waals surface area contributed by atoms with Gasteiger partial charge in [0, 0.05) is 28.4 Å². The number of benzene rings is 2. The van der Waals surface area contributed by atoms with E-state index < -0.39 is 0 Å². The molecule has 2 aromatic rings. The highest BCUT2D eigenvalue weighted by Gasteiger charge is 2.28. The highest BCUT2D eigenvalue weighted by molar-refractivity contribution is 7.99. The Balaban J connectivity index is 1.88. The predicted octanol–water partition coefficient (Wildman–Crippen LogP) is 6.03. The number of hydrogen-bond donors (Lipinski definition) is 0. The molecule has 2 nitrogen and oxygen atoms in total. The summed E-state index contributed by atoms with van der Waals surface area (Å²) < 4.78 is 5.96. The topological polar surface area (TPSA) is 12.5 Å².